The maximum Gasteiger partial charge on any atom is 0.105 e. The van der Waals surface area contributed by atoms with Crippen LogP contribution in [-0.2, 0) is 9.47 Å². The van der Waals surface area contributed by atoms with E-state index >= 15 is 0 Å². The van der Waals surface area contributed by atoms with E-state index in [1.54, 1.807) is 14.2 Å². The van der Waals surface area contributed by atoms with E-state index in [2.05, 4.69) is 0 Å². The number of ether oxygens (including phenoxy) is 2. The molecule has 1 aromatic carbocycles. The monoisotopic (exact) mass is 181 g/mol. The highest BCUT2D eigenvalue weighted by Crippen LogP contribution is 2.17. The molecule has 1 aromatic rings. The number of anilines is 1. The van der Waals surface area contributed by atoms with E-state index in [1.165, 1.54) is 0 Å². The predicted molar refractivity (Wildman–Crippen MR) is 52.5 cm³/mol. The molecule has 0 spiro atoms. The summed E-state index contributed by atoms with van der Waals surface area (Å²) in [7, 11) is 3.32. The van der Waals surface area contributed by atoms with Crippen LogP contribution in [0.1, 0.15) is 11.7 Å². The molecule has 0 bridgehead atoms. The van der Waals surface area contributed by atoms with E-state index in [0.29, 0.717) is 6.61 Å². The summed E-state index contributed by atoms with van der Waals surface area (Å²) in [5, 5.41) is 0. The van der Waals surface area contributed by atoms with E-state index in [0.717, 1.165) is 11.3 Å². The van der Waals surface area contributed by atoms with Crippen molar-refractivity contribution in [2.45, 2.75) is 6.10 Å². The molecule has 0 aliphatic carbocycles. The molecule has 0 saturated carbocycles. The number of rotatable bonds is 4. The second-order valence-corrected chi connectivity index (χ2v) is 2.85. The zero-order valence-corrected chi connectivity index (χ0v) is 7.99. The number of methoxy groups -OCH3 is 2. The average molecular weight is 181 g/mol. The van der Waals surface area contributed by atoms with Crippen LogP contribution < -0.4 is 5.73 Å². The quantitative estimate of drug-likeness (QED) is 0.717. The molecule has 72 valence electrons. The molecule has 0 saturated heterocycles. The van der Waals surface area contributed by atoms with Crippen molar-refractivity contribution in [3.05, 3.63) is 29.8 Å². The zero-order chi connectivity index (χ0) is 9.68. The van der Waals surface area contributed by atoms with Crippen LogP contribution in [-0.4, -0.2) is 20.8 Å². The standard InChI is InChI=1S/C10H15NO2/c1-12-7-10(13-2)8-3-5-9(11)6-4-8/h3-6,10H,7,11H2,1-2H3. The van der Waals surface area contributed by atoms with Crippen LogP contribution in [0.3, 0.4) is 0 Å². The lowest BCUT2D eigenvalue weighted by Crippen LogP contribution is -2.08. The number of benzene rings is 1. The van der Waals surface area contributed by atoms with Gasteiger partial charge in [0.15, 0.2) is 0 Å². The topological polar surface area (TPSA) is 44.5 Å². The van der Waals surface area contributed by atoms with Crippen LogP contribution in [0.4, 0.5) is 5.69 Å². The summed E-state index contributed by atoms with van der Waals surface area (Å²) in [6.07, 6.45) is -0.00870. The first kappa shape index (κ1) is 10.0. The largest absolute Gasteiger partial charge is 0.399 e. The van der Waals surface area contributed by atoms with Gasteiger partial charge in [-0.25, -0.2) is 0 Å². The molecule has 13 heavy (non-hydrogen) atoms. The van der Waals surface area contributed by atoms with Crippen LogP contribution in [0.2, 0.25) is 0 Å². The Hall–Kier alpha value is -1.06. The molecule has 1 rings (SSSR count). The second-order valence-electron chi connectivity index (χ2n) is 2.85. The molecule has 0 amide bonds. The van der Waals surface area contributed by atoms with Gasteiger partial charge in [0.2, 0.25) is 0 Å². The molecule has 0 aromatic heterocycles. The molecule has 3 nitrogen and oxygen atoms in total. The molecule has 1 unspecified atom stereocenters. The SMILES string of the molecule is COCC(OC)c1ccc(N)cc1. The highest BCUT2D eigenvalue weighted by molar-refractivity contribution is 5.39. The van der Waals surface area contributed by atoms with Crippen molar-refractivity contribution in [3.8, 4) is 0 Å². The summed E-state index contributed by atoms with van der Waals surface area (Å²) in [5.41, 5.74) is 7.41. The normalized spacial score (nSPS) is 12.8. The highest BCUT2D eigenvalue weighted by Gasteiger charge is 2.08. The van der Waals surface area contributed by atoms with Gasteiger partial charge in [-0.2, -0.15) is 0 Å². The van der Waals surface area contributed by atoms with E-state index < -0.39 is 0 Å². The van der Waals surface area contributed by atoms with Crippen molar-refractivity contribution < 1.29 is 9.47 Å². The molecule has 0 radical (unpaired) electrons. The third-order valence-corrected chi connectivity index (χ3v) is 1.91. The molecular formula is C10H15NO2. The summed E-state index contributed by atoms with van der Waals surface area (Å²) in [5.74, 6) is 0. The summed E-state index contributed by atoms with van der Waals surface area (Å²) in [6.45, 7) is 0.556. The number of nitrogens with two attached hydrogens (primary N) is 1. The molecule has 2 N–H and O–H groups in total. The van der Waals surface area contributed by atoms with Gasteiger partial charge < -0.3 is 15.2 Å². The third kappa shape index (κ3) is 2.72. The van der Waals surface area contributed by atoms with E-state index in [4.69, 9.17) is 15.2 Å². The van der Waals surface area contributed by atoms with Gasteiger partial charge in [0, 0.05) is 19.9 Å². The fourth-order valence-electron chi connectivity index (χ4n) is 1.16. The Morgan fingerprint density at radius 2 is 1.85 bits per heavy atom. The Labute approximate surface area is 78.5 Å². The van der Waals surface area contributed by atoms with E-state index in [-0.39, 0.29) is 6.10 Å². The summed E-state index contributed by atoms with van der Waals surface area (Å²) < 4.78 is 10.3. The number of nitrogen functional groups attached to an aromatic ring is 1. The Kier molecular flexibility index (Phi) is 3.73. The number of hydrogen-bond donors (Lipinski definition) is 1. The predicted octanol–water partition coefficient (Wildman–Crippen LogP) is 1.60. The first-order chi connectivity index (χ1) is 6.27. The summed E-state index contributed by atoms with van der Waals surface area (Å²) in [6, 6.07) is 7.61. The minimum absolute atomic E-state index is 0.00870. The van der Waals surface area contributed by atoms with Gasteiger partial charge in [-0.1, -0.05) is 12.1 Å². The van der Waals surface area contributed by atoms with Crippen molar-refractivity contribution >= 4 is 5.69 Å². The van der Waals surface area contributed by atoms with Gasteiger partial charge >= 0.3 is 0 Å². The maximum absolute atomic E-state index is 5.57. The van der Waals surface area contributed by atoms with Crippen LogP contribution in [0, 0.1) is 0 Å². The minimum atomic E-state index is -0.00870. The zero-order valence-electron chi connectivity index (χ0n) is 7.99. The van der Waals surface area contributed by atoms with Gasteiger partial charge in [0.05, 0.1) is 6.61 Å². The second kappa shape index (κ2) is 4.84. The Morgan fingerprint density at radius 3 is 2.31 bits per heavy atom. The van der Waals surface area contributed by atoms with Crippen molar-refractivity contribution in [1.29, 1.82) is 0 Å². The van der Waals surface area contributed by atoms with Crippen LogP contribution in [0.15, 0.2) is 24.3 Å². The molecule has 0 heterocycles. The Morgan fingerprint density at radius 1 is 1.23 bits per heavy atom. The molecular weight excluding hydrogens is 166 g/mol. The lowest BCUT2D eigenvalue weighted by atomic mass is 10.1. The van der Waals surface area contributed by atoms with Crippen molar-refractivity contribution in [1.82, 2.24) is 0 Å². The number of hydrogen-bond acceptors (Lipinski definition) is 3. The maximum atomic E-state index is 5.57. The molecule has 0 aliphatic rings. The van der Waals surface area contributed by atoms with Gasteiger partial charge in [-0.3, -0.25) is 0 Å². The van der Waals surface area contributed by atoms with E-state index in [1.807, 2.05) is 24.3 Å². The minimum Gasteiger partial charge on any atom is -0.399 e. The van der Waals surface area contributed by atoms with Crippen molar-refractivity contribution in [3.63, 3.8) is 0 Å². The average Bonchev–Trinajstić information content (AvgIpc) is 2.16. The first-order valence-electron chi connectivity index (χ1n) is 4.15. The van der Waals surface area contributed by atoms with Crippen LogP contribution >= 0.6 is 0 Å². The fraction of sp³-hybridized carbons (Fsp3) is 0.400. The molecule has 1 atom stereocenters. The Bertz CT molecular complexity index is 246. The van der Waals surface area contributed by atoms with Gasteiger partial charge in [0.1, 0.15) is 6.10 Å². The van der Waals surface area contributed by atoms with Crippen molar-refractivity contribution in [2.75, 3.05) is 26.6 Å². The lowest BCUT2D eigenvalue weighted by molar-refractivity contribution is 0.0275. The van der Waals surface area contributed by atoms with Gasteiger partial charge in [0.25, 0.3) is 0 Å². The lowest BCUT2D eigenvalue weighted by Gasteiger charge is -2.14. The van der Waals surface area contributed by atoms with Crippen LogP contribution in [0.5, 0.6) is 0 Å². The first-order valence-corrected chi connectivity index (χ1v) is 4.15. The fourth-order valence-corrected chi connectivity index (χ4v) is 1.16. The summed E-state index contributed by atoms with van der Waals surface area (Å²) in [4.78, 5) is 0. The van der Waals surface area contributed by atoms with E-state index in [9.17, 15) is 0 Å². The van der Waals surface area contributed by atoms with Crippen molar-refractivity contribution in [2.24, 2.45) is 0 Å². The summed E-state index contributed by atoms with van der Waals surface area (Å²) >= 11 is 0. The molecule has 0 fully saturated rings. The molecule has 3 heteroatoms. The van der Waals surface area contributed by atoms with Gasteiger partial charge in [-0.15, -0.1) is 0 Å². The van der Waals surface area contributed by atoms with Gasteiger partial charge in [-0.05, 0) is 17.7 Å². The highest BCUT2D eigenvalue weighted by atomic mass is 16.5. The molecule has 0 aliphatic heterocycles. The Balaban J connectivity index is 2.73. The smallest absolute Gasteiger partial charge is 0.105 e. The van der Waals surface area contributed by atoms with Crippen LogP contribution in [0.25, 0.3) is 0 Å². The third-order valence-electron chi connectivity index (χ3n) is 1.91.